The molecule has 1 unspecified atom stereocenters. The lowest BCUT2D eigenvalue weighted by molar-refractivity contribution is -0.140. The molecule has 0 aromatic heterocycles. The fourth-order valence-corrected chi connectivity index (χ4v) is 1.52. The number of hydrogen-bond donors (Lipinski definition) is 3. The minimum Gasteiger partial charge on any atom is -0.481 e. The maximum Gasteiger partial charge on any atom is 0.326 e. The molecule has 0 radical (unpaired) electrons. The number of carboxylic acids is 2. The molecular formula is C12H22N2O5. The van der Waals surface area contributed by atoms with Gasteiger partial charge in [-0.3, -0.25) is 4.79 Å². The van der Waals surface area contributed by atoms with Crippen LogP contribution >= 0.6 is 0 Å². The van der Waals surface area contributed by atoms with Gasteiger partial charge in [-0.05, 0) is 19.8 Å². The predicted molar refractivity (Wildman–Crippen MR) is 69.0 cm³/mol. The molecule has 0 aromatic carbocycles. The first-order chi connectivity index (χ1) is 8.92. The lowest BCUT2D eigenvalue weighted by Crippen LogP contribution is -2.48. The van der Waals surface area contributed by atoms with E-state index >= 15 is 0 Å². The Morgan fingerprint density at radius 3 is 2.26 bits per heavy atom. The lowest BCUT2D eigenvalue weighted by Gasteiger charge is -2.23. The molecule has 1 atom stereocenters. The Kier molecular flexibility index (Phi) is 8.32. The van der Waals surface area contributed by atoms with E-state index in [1.54, 1.807) is 0 Å². The van der Waals surface area contributed by atoms with Gasteiger partial charge in [0.1, 0.15) is 6.04 Å². The first-order valence-electron chi connectivity index (χ1n) is 6.42. The fourth-order valence-electron chi connectivity index (χ4n) is 1.52. The monoisotopic (exact) mass is 274 g/mol. The van der Waals surface area contributed by atoms with E-state index in [0.717, 1.165) is 12.8 Å². The Balaban J connectivity index is 4.42. The largest absolute Gasteiger partial charge is 0.481 e. The highest BCUT2D eigenvalue weighted by atomic mass is 16.4. The number of carboxylic acid groups (broad SMARTS) is 2. The van der Waals surface area contributed by atoms with E-state index in [9.17, 15) is 14.4 Å². The molecule has 0 rings (SSSR count). The number of aliphatic carboxylic acids is 2. The summed E-state index contributed by atoms with van der Waals surface area (Å²) in [7, 11) is 0. The second-order valence-electron chi connectivity index (χ2n) is 4.21. The highest BCUT2D eigenvalue weighted by Crippen LogP contribution is 2.01. The van der Waals surface area contributed by atoms with Gasteiger partial charge in [0.25, 0.3) is 0 Å². The highest BCUT2D eigenvalue weighted by Gasteiger charge is 2.23. The van der Waals surface area contributed by atoms with Crippen LogP contribution in [0.4, 0.5) is 4.79 Å². The van der Waals surface area contributed by atoms with Gasteiger partial charge in [0, 0.05) is 19.5 Å². The normalized spacial score (nSPS) is 11.7. The van der Waals surface area contributed by atoms with Crippen molar-refractivity contribution in [3.8, 4) is 0 Å². The number of unbranched alkanes of at least 4 members (excludes halogenated alkanes) is 1. The van der Waals surface area contributed by atoms with Crippen LogP contribution < -0.4 is 5.32 Å². The van der Waals surface area contributed by atoms with Crippen LogP contribution in [0, 0.1) is 0 Å². The van der Waals surface area contributed by atoms with Crippen LogP contribution in [0.1, 0.15) is 39.5 Å². The molecule has 0 aliphatic heterocycles. The number of urea groups is 1. The summed E-state index contributed by atoms with van der Waals surface area (Å²) in [6.45, 7) is 4.85. The van der Waals surface area contributed by atoms with Gasteiger partial charge in [-0.25, -0.2) is 9.59 Å². The van der Waals surface area contributed by atoms with Crippen LogP contribution in [0.3, 0.4) is 0 Å². The first-order valence-corrected chi connectivity index (χ1v) is 6.42. The van der Waals surface area contributed by atoms with E-state index in [-0.39, 0.29) is 12.8 Å². The Morgan fingerprint density at radius 1 is 1.21 bits per heavy atom. The number of carbonyl (C=O) groups excluding carboxylic acids is 1. The topological polar surface area (TPSA) is 107 Å². The van der Waals surface area contributed by atoms with E-state index in [0.29, 0.717) is 13.1 Å². The summed E-state index contributed by atoms with van der Waals surface area (Å²) in [5.74, 6) is -2.31. The third-order valence-corrected chi connectivity index (χ3v) is 2.69. The molecule has 0 aromatic rings. The highest BCUT2D eigenvalue weighted by molar-refractivity contribution is 5.83. The van der Waals surface area contributed by atoms with Crippen LogP contribution in [0.2, 0.25) is 0 Å². The summed E-state index contributed by atoms with van der Waals surface area (Å²) in [5, 5.41) is 19.8. The Bertz CT molecular complexity index is 319. The molecule has 2 amide bonds. The number of amides is 2. The maximum atomic E-state index is 11.8. The minimum absolute atomic E-state index is 0.123. The average Bonchev–Trinajstić information content (AvgIpc) is 2.34. The summed E-state index contributed by atoms with van der Waals surface area (Å²) in [6, 6.07) is -1.63. The molecule has 0 saturated heterocycles. The molecule has 19 heavy (non-hydrogen) atoms. The number of nitrogens with one attached hydrogen (secondary N) is 1. The van der Waals surface area contributed by atoms with Gasteiger partial charge >= 0.3 is 18.0 Å². The third kappa shape index (κ3) is 7.28. The van der Waals surface area contributed by atoms with Crippen molar-refractivity contribution in [2.24, 2.45) is 0 Å². The van der Waals surface area contributed by atoms with Gasteiger partial charge in [-0.2, -0.15) is 0 Å². The van der Waals surface area contributed by atoms with E-state index in [4.69, 9.17) is 10.2 Å². The summed E-state index contributed by atoms with van der Waals surface area (Å²) in [6.07, 6.45) is 1.36. The van der Waals surface area contributed by atoms with Gasteiger partial charge in [-0.1, -0.05) is 13.3 Å². The van der Waals surface area contributed by atoms with E-state index in [1.807, 2.05) is 13.8 Å². The zero-order valence-corrected chi connectivity index (χ0v) is 11.4. The molecule has 3 N–H and O–H groups in total. The summed E-state index contributed by atoms with van der Waals surface area (Å²) in [4.78, 5) is 34.7. The third-order valence-electron chi connectivity index (χ3n) is 2.69. The van der Waals surface area contributed by atoms with Crippen molar-refractivity contribution in [3.63, 3.8) is 0 Å². The van der Waals surface area contributed by atoms with Crippen molar-refractivity contribution in [1.29, 1.82) is 0 Å². The van der Waals surface area contributed by atoms with Crippen LogP contribution in [0.5, 0.6) is 0 Å². The SMILES string of the molecule is CCCCN(CC)C(=O)NC(CCC(=O)O)C(=O)O. The van der Waals surface area contributed by atoms with Gasteiger partial charge in [0.15, 0.2) is 0 Å². The summed E-state index contributed by atoms with van der Waals surface area (Å²) in [5.41, 5.74) is 0. The van der Waals surface area contributed by atoms with Crippen molar-refractivity contribution in [2.75, 3.05) is 13.1 Å². The summed E-state index contributed by atoms with van der Waals surface area (Å²) < 4.78 is 0. The number of hydrogen-bond acceptors (Lipinski definition) is 3. The van der Waals surface area contributed by atoms with Crippen molar-refractivity contribution < 1.29 is 24.6 Å². The molecule has 110 valence electrons. The smallest absolute Gasteiger partial charge is 0.326 e. The second-order valence-corrected chi connectivity index (χ2v) is 4.21. The Labute approximate surface area is 112 Å². The van der Waals surface area contributed by atoms with Crippen molar-refractivity contribution in [1.82, 2.24) is 10.2 Å². The zero-order chi connectivity index (χ0) is 14.8. The summed E-state index contributed by atoms with van der Waals surface area (Å²) >= 11 is 0. The Hall–Kier alpha value is -1.79. The number of carbonyl (C=O) groups is 3. The van der Waals surface area contributed by atoms with E-state index in [2.05, 4.69) is 5.32 Å². The standard InChI is InChI=1S/C12H22N2O5/c1-3-5-8-14(4-2)12(19)13-9(11(17)18)6-7-10(15)16/h9H,3-8H2,1-2H3,(H,13,19)(H,15,16)(H,17,18). The molecular weight excluding hydrogens is 252 g/mol. The van der Waals surface area contributed by atoms with E-state index < -0.39 is 24.0 Å². The lowest BCUT2D eigenvalue weighted by atomic mass is 10.1. The molecule has 0 bridgehead atoms. The van der Waals surface area contributed by atoms with Gasteiger partial charge < -0.3 is 20.4 Å². The van der Waals surface area contributed by atoms with Crippen molar-refractivity contribution in [2.45, 2.75) is 45.6 Å². The molecule has 0 fully saturated rings. The second kappa shape index (κ2) is 9.18. The fraction of sp³-hybridized carbons (Fsp3) is 0.750. The quantitative estimate of drug-likeness (QED) is 0.584. The van der Waals surface area contributed by atoms with Crippen LogP contribution in [0.25, 0.3) is 0 Å². The predicted octanol–water partition coefficient (Wildman–Crippen LogP) is 1.14. The molecule has 7 nitrogen and oxygen atoms in total. The average molecular weight is 274 g/mol. The van der Waals surface area contributed by atoms with Crippen molar-refractivity contribution in [3.05, 3.63) is 0 Å². The van der Waals surface area contributed by atoms with Crippen molar-refractivity contribution >= 4 is 18.0 Å². The van der Waals surface area contributed by atoms with Crippen LogP contribution in [-0.2, 0) is 9.59 Å². The molecule has 0 saturated carbocycles. The molecule has 7 heteroatoms. The van der Waals surface area contributed by atoms with Gasteiger partial charge in [0.05, 0.1) is 0 Å². The number of nitrogens with zero attached hydrogens (tertiary/aromatic N) is 1. The zero-order valence-electron chi connectivity index (χ0n) is 11.4. The van der Waals surface area contributed by atoms with Crippen LogP contribution in [0.15, 0.2) is 0 Å². The minimum atomic E-state index is -1.22. The first kappa shape index (κ1) is 17.2. The number of rotatable bonds is 9. The van der Waals surface area contributed by atoms with Gasteiger partial charge in [-0.15, -0.1) is 0 Å². The van der Waals surface area contributed by atoms with E-state index in [1.165, 1.54) is 4.90 Å². The van der Waals surface area contributed by atoms with Gasteiger partial charge in [0.2, 0.25) is 0 Å². The molecule has 0 spiro atoms. The maximum absolute atomic E-state index is 11.8. The van der Waals surface area contributed by atoms with Crippen LogP contribution in [-0.4, -0.2) is 52.2 Å². The molecule has 0 aliphatic carbocycles. The Morgan fingerprint density at radius 2 is 1.84 bits per heavy atom. The molecule has 0 aliphatic rings. The molecule has 0 heterocycles.